The zero-order valence-corrected chi connectivity index (χ0v) is 14.6. The van der Waals surface area contributed by atoms with Crippen LogP contribution in [0, 0.1) is 11.2 Å². The van der Waals surface area contributed by atoms with Crippen molar-refractivity contribution >= 4 is 22.8 Å². The van der Waals surface area contributed by atoms with E-state index in [4.69, 9.17) is 0 Å². The SMILES string of the molecule is O=C(O)[C@H]1CC2(CCNCC2)CN1C(=O)c1cc(=O)[nH]c2ccc(F)cc12. The highest BCUT2D eigenvalue weighted by Crippen LogP contribution is 2.42. The highest BCUT2D eigenvalue weighted by atomic mass is 19.1. The summed E-state index contributed by atoms with van der Waals surface area (Å²) in [4.78, 5) is 40.9. The van der Waals surface area contributed by atoms with Gasteiger partial charge in [-0.25, -0.2) is 9.18 Å². The first kappa shape index (κ1) is 17.7. The van der Waals surface area contributed by atoms with Crippen molar-refractivity contribution < 1.29 is 19.1 Å². The van der Waals surface area contributed by atoms with Crippen molar-refractivity contribution in [1.82, 2.24) is 15.2 Å². The van der Waals surface area contributed by atoms with Gasteiger partial charge in [-0.1, -0.05) is 0 Å². The molecule has 2 aliphatic rings. The van der Waals surface area contributed by atoms with E-state index in [1.807, 2.05) is 0 Å². The molecule has 0 unspecified atom stereocenters. The van der Waals surface area contributed by atoms with Crippen LogP contribution < -0.4 is 10.9 Å². The van der Waals surface area contributed by atoms with E-state index < -0.39 is 29.3 Å². The molecule has 8 heteroatoms. The van der Waals surface area contributed by atoms with E-state index in [0.717, 1.165) is 32.0 Å². The van der Waals surface area contributed by atoms with Gasteiger partial charge in [-0.3, -0.25) is 9.59 Å². The van der Waals surface area contributed by atoms with Crippen LogP contribution in [0.5, 0.6) is 0 Å². The number of amides is 1. The molecule has 0 aliphatic carbocycles. The molecule has 142 valence electrons. The van der Waals surface area contributed by atoms with Gasteiger partial charge in [0.1, 0.15) is 11.9 Å². The fourth-order valence-corrected chi connectivity index (χ4v) is 4.37. The second-order valence-electron chi connectivity index (χ2n) is 7.48. The average molecular weight is 373 g/mol. The summed E-state index contributed by atoms with van der Waals surface area (Å²) in [5.74, 6) is -2.13. The van der Waals surface area contributed by atoms with E-state index in [-0.39, 0.29) is 16.4 Å². The number of hydrogen-bond donors (Lipinski definition) is 3. The maximum absolute atomic E-state index is 13.7. The summed E-state index contributed by atoms with van der Waals surface area (Å²) in [6.45, 7) is 1.90. The van der Waals surface area contributed by atoms with Crippen molar-refractivity contribution in [3.63, 3.8) is 0 Å². The Labute approximate surface area is 154 Å². The number of aromatic nitrogens is 1. The number of likely N-dealkylation sites (tertiary alicyclic amines) is 1. The Bertz CT molecular complexity index is 981. The van der Waals surface area contributed by atoms with Crippen LogP contribution in [0.4, 0.5) is 4.39 Å². The van der Waals surface area contributed by atoms with Gasteiger partial charge in [0.05, 0.1) is 5.56 Å². The van der Waals surface area contributed by atoms with Gasteiger partial charge in [-0.05, 0) is 56.0 Å². The number of aromatic amines is 1. The van der Waals surface area contributed by atoms with Crippen molar-refractivity contribution in [2.24, 2.45) is 5.41 Å². The van der Waals surface area contributed by atoms with E-state index in [9.17, 15) is 23.9 Å². The van der Waals surface area contributed by atoms with Crippen molar-refractivity contribution in [2.75, 3.05) is 19.6 Å². The minimum atomic E-state index is -1.06. The summed E-state index contributed by atoms with van der Waals surface area (Å²) in [6.07, 6.45) is 1.99. The third-order valence-electron chi connectivity index (χ3n) is 5.75. The third-order valence-corrected chi connectivity index (χ3v) is 5.75. The molecule has 0 radical (unpaired) electrons. The number of nitrogens with one attached hydrogen (secondary N) is 2. The molecule has 2 saturated heterocycles. The van der Waals surface area contributed by atoms with Crippen LogP contribution >= 0.6 is 0 Å². The molecule has 1 spiro atoms. The first-order valence-corrected chi connectivity index (χ1v) is 8.96. The maximum atomic E-state index is 13.7. The molecule has 2 aliphatic heterocycles. The summed E-state index contributed by atoms with van der Waals surface area (Å²) in [5.41, 5.74) is -0.341. The van der Waals surface area contributed by atoms with Crippen LogP contribution in [-0.4, -0.2) is 52.5 Å². The zero-order chi connectivity index (χ0) is 19.2. The van der Waals surface area contributed by atoms with E-state index in [0.29, 0.717) is 18.5 Å². The second-order valence-corrected chi connectivity index (χ2v) is 7.48. The predicted octanol–water partition coefficient (Wildman–Crippen LogP) is 1.34. The Morgan fingerprint density at radius 2 is 1.96 bits per heavy atom. The molecule has 3 heterocycles. The number of benzene rings is 1. The molecule has 7 nitrogen and oxygen atoms in total. The van der Waals surface area contributed by atoms with Crippen molar-refractivity contribution in [1.29, 1.82) is 0 Å². The molecular weight excluding hydrogens is 353 g/mol. The fraction of sp³-hybridized carbons (Fsp3) is 0.421. The minimum Gasteiger partial charge on any atom is -0.480 e. The van der Waals surface area contributed by atoms with Gasteiger partial charge in [0.15, 0.2) is 0 Å². The molecule has 1 aromatic heterocycles. The number of piperidine rings is 1. The number of nitrogens with zero attached hydrogens (tertiary/aromatic N) is 1. The number of rotatable bonds is 2. The highest BCUT2D eigenvalue weighted by molar-refractivity contribution is 6.07. The van der Waals surface area contributed by atoms with Crippen LogP contribution in [0.15, 0.2) is 29.1 Å². The topological polar surface area (TPSA) is 102 Å². The molecule has 2 fully saturated rings. The van der Waals surface area contributed by atoms with Gasteiger partial charge in [0, 0.05) is 23.5 Å². The lowest BCUT2D eigenvalue weighted by molar-refractivity contribution is -0.141. The van der Waals surface area contributed by atoms with Crippen molar-refractivity contribution in [3.8, 4) is 0 Å². The van der Waals surface area contributed by atoms with E-state index >= 15 is 0 Å². The Balaban J connectivity index is 1.77. The van der Waals surface area contributed by atoms with Gasteiger partial charge in [0.25, 0.3) is 5.91 Å². The Morgan fingerprint density at radius 1 is 1.22 bits per heavy atom. The van der Waals surface area contributed by atoms with Gasteiger partial charge in [0.2, 0.25) is 5.56 Å². The summed E-state index contributed by atoms with van der Waals surface area (Å²) in [6, 6.07) is 3.96. The Morgan fingerprint density at radius 3 is 2.67 bits per heavy atom. The number of carboxylic acid groups (broad SMARTS) is 1. The maximum Gasteiger partial charge on any atom is 0.326 e. The lowest BCUT2D eigenvalue weighted by atomic mass is 9.77. The van der Waals surface area contributed by atoms with Crippen LogP contribution in [-0.2, 0) is 4.79 Å². The van der Waals surface area contributed by atoms with Gasteiger partial charge in [-0.2, -0.15) is 0 Å². The molecule has 2 aromatic rings. The summed E-state index contributed by atoms with van der Waals surface area (Å²) < 4.78 is 13.7. The molecule has 3 N–H and O–H groups in total. The molecule has 1 aromatic carbocycles. The van der Waals surface area contributed by atoms with Gasteiger partial charge in [-0.15, -0.1) is 0 Å². The second kappa shape index (κ2) is 6.45. The van der Waals surface area contributed by atoms with E-state index in [2.05, 4.69) is 10.3 Å². The smallest absolute Gasteiger partial charge is 0.326 e. The molecule has 0 saturated carbocycles. The quantitative estimate of drug-likeness (QED) is 0.737. The normalized spacial score (nSPS) is 21.7. The van der Waals surface area contributed by atoms with Crippen LogP contribution in [0.1, 0.15) is 29.6 Å². The van der Waals surface area contributed by atoms with E-state index in [1.165, 1.54) is 23.1 Å². The number of hydrogen-bond acceptors (Lipinski definition) is 4. The largest absolute Gasteiger partial charge is 0.480 e. The van der Waals surface area contributed by atoms with Gasteiger partial charge < -0.3 is 20.3 Å². The first-order chi connectivity index (χ1) is 12.9. The van der Waals surface area contributed by atoms with Crippen molar-refractivity contribution in [2.45, 2.75) is 25.3 Å². The zero-order valence-electron chi connectivity index (χ0n) is 14.6. The highest BCUT2D eigenvalue weighted by Gasteiger charge is 2.49. The molecule has 4 rings (SSSR count). The predicted molar refractivity (Wildman–Crippen MR) is 96.1 cm³/mol. The van der Waals surface area contributed by atoms with Crippen LogP contribution in [0.2, 0.25) is 0 Å². The number of aliphatic carboxylic acids is 1. The molecule has 1 amide bonds. The summed E-state index contributed by atoms with van der Waals surface area (Å²) >= 11 is 0. The van der Waals surface area contributed by atoms with Crippen molar-refractivity contribution in [3.05, 3.63) is 46.0 Å². The van der Waals surface area contributed by atoms with E-state index in [1.54, 1.807) is 0 Å². The Hall–Kier alpha value is -2.74. The molecule has 0 bridgehead atoms. The number of carboxylic acids is 1. The number of H-pyrrole nitrogens is 1. The summed E-state index contributed by atoms with van der Waals surface area (Å²) in [5, 5.41) is 13.2. The van der Waals surface area contributed by atoms with Crippen LogP contribution in [0.25, 0.3) is 10.9 Å². The average Bonchev–Trinajstić information content (AvgIpc) is 3.00. The lowest BCUT2D eigenvalue weighted by Crippen LogP contribution is -2.42. The molecular formula is C19H20FN3O4. The number of fused-ring (bicyclic) bond motifs is 1. The standard InChI is InChI=1S/C19H20FN3O4/c20-11-1-2-14-12(7-11)13(8-16(24)22-14)17(25)23-10-19(3-5-21-6-4-19)9-15(23)18(26)27/h1-2,7-8,15,21H,3-6,9-10H2,(H,22,24)(H,26,27)/t15-/m1/s1. The number of pyridine rings is 1. The minimum absolute atomic E-state index is 0.0329. The number of halogens is 1. The van der Waals surface area contributed by atoms with Gasteiger partial charge >= 0.3 is 5.97 Å². The summed E-state index contributed by atoms with van der Waals surface area (Å²) in [7, 11) is 0. The lowest BCUT2D eigenvalue weighted by Gasteiger charge is -2.33. The van der Waals surface area contributed by atoms with Crippen LogP contribution in [0.3, 0.4) is 0 Å². The number of carbonyl (C=O) groups excluding carboxylic acids is 1. The molecule has 27 heavy (non-hydrogen) atoms. The molecule has 1 atom stereocenters. The number of carbonyl (C=O) groups is 2. The third kappa shape index (κ3) is 3.10. The first-order valence-electron chi connectivity index (χ1n) is 8.96. The fourth-order valence-electron chi connectivity index (χ4n) is 4.37. The monoisotopic (exact) mass is 373 g/mol. The Kier molecular flexibility index (Phi) is 4.22.